The third-order valence-electron chi connectivity index (χ3n) is 8.35. The Kier molecular flexibility index (Phi) is 5.68. The Hall–Kier alpha value is -5.58. The van der Waals surface area contributed by atoms with Crippen molar-refractivity contribution >= 4 is 32.3 Å². The quantitative estimate of drug-likeness (QED) is 0.208. The van der Waals surface area contributed by atoms with E-state index in [0.29, 0.717) is 0 Å². The van der Waals surface area contributed by atoms with Crippen molar-refractivity contribution in [3.8, 4) is 66.7 Å². The summed E-state index contributed by atoms with van der Waals surface area (Å²) >= 11 is 1.71. The number of aromatic nitrogens is 2. The number of thiazole rings is 1. The first-order valence-corrected chi connectivity index (χ1v) is 15.5. The normalized spacial score (nSPS) is 11.6. The van der Waals surface area contributed by atoms with Crippen LogP contribution in [0.15, 0.2) is 146 Å². The van der Waals surface area contributed by atoms with Crippen LogP contribution in [0.4, 0.5) is 0 Å². The van der Waals surface area contributed by atoms with Crippen molar-refractivity contribution in [2.24, 2.45) is 0 Å². The SMILES string of the molecule is c1ccc(-c2cccc(Oc3cc(-c4nc5ccccc5s4)cc4c3-c3cccc5cccc(c35)-c3ccccc3-4)c2)nc1. The monoisotopic (exact) mass is 580 g/mol. The average Bonchev–Trinajstić information content (AvgIpc) is 3.48. The van der Waals surface area contributed by atoms with Gasteiger partial charge in [-0.3, -0.25) is 4.98 Å². The highest BCUT2D eigenvalue weighted by molar-refractivity contribution is 7.21. The standard InChI is InChI=1S/C40H24N2OS/c1-2-15-30-29(14-1)31-16-8-10-25-11-9-17-32(38(25)31)39-33(30)23-27(40-42-35-19-3-4-20-37(35)44-40)24-36(39)43-28-13-7-12-26(22-28)34-18-5-6-21-41-34/h1-24H. The fourth-order valence-electron chi connectivity index (χ4n) is 6.41. The van der Waals surface area contributed by atoms with E-state index in [1.54, 1.807) is 11.3 Å². The number of benzene rings is 6. The predicted octanol–water partition coefficient (Wildman–Crippen LogP) is 11.3. The molecular weight excluding hydrogens is 557 g/mol. The second-order valence-corrected chi connectivity index (χ2v) is 12.0. The van der Waals surface area contributed by atoms with E-state index >= 15 is 0 Å². The van der Waals surface area contributed by atoms with Crippen LogP contribution in [0.3, 0.4) is 0 Å². The van der Waals surface area contributed by atoms with Crippen molar-refractivity contribution in [2.75, 3.05) is 0 Å². The topological polar surface area (TPSA) is 35.0 Å². The molecule has 4 heteroatoms. The fraction of sp³-hybridized carbons (Fsp3) is 0. The van der Waals surface area contributed by atoms with E-state index in [2.05, 4.69) is 108 Å². The molecule has 3 nitrogen and oxygen atoms in total. The minimum atomic E-state index is 0.759. The van der Waals surface area contributed by atoms with E-state index in [0.717, 1.165) is 55.5 Å². The van der Waals surface area contributed by atoms with E-state index in [1.165, 1.54) is 32.2 Å². The molecular formula is C40H24N2OS. The summed E-state index contributed by atoms with van der Waals surface area (Å²) in [5.74, 6) is 1.56. The third kappa shape index (κ3) is 4.03. The minimum Gasteiger partial charge on any atom is -0.457 e. The van der Waals surface area contributed by atoms with Gasteiger partial charge in [-0.25, -0.2) is 4.98 Å². The van der Waals surface area contributed by atoms with Crippen molar-refractivity contribution in [3.63, 3.8) is 0 Å². The summed E-state index contributed by atoms with van der Waals surface area (Å²) in [6, 6.07) is 48.8. The third-order valence-corrected chi connectivity index (χ3v) is 9.43. The summed E-state index contributed by atoms with van der Waals surface area (Å²) in [6.07, 6.45) is 1.82. The van der Waals surface area contributed by atoms with E-state index < -0.39 is 0 Å². The average molecular weight is 581 g/mol. The molecule has 0 saturated heterocycles. The number of fused-ring (bicyclic) bond motifs is 6. The van der Waals surface area contributed by atoms with Crippen molar-refractivity contribution in [3.05, 3.63) is 146 Å². The Morgan fingerprint density at radius 3 is 2.14 bits per heavy atom. The van der Waals surface area contributed by atoms with Gasteiger partial charge in [0.05, 0.1) is 15.9 Å². The van der Waals surface area contributed by atoms with Gasteiger partial charge in [-0.05, 0) is 87.1 Å². The molecule has 0 fully saturated rings. The van der Waals surface area contributed by atoms with Crippen LogP contribution in [0.2, 0.25) is 0 Å². The van der Waals surface area contributed by atoms with Gasteiger partial charge in [0.2, 0.25) is 0 Å². The minimum absolute atomic E-state index is 0.759. The summed E-state index contributed by atoms with van der Waals surface area (Å²) in [6.45, 7) is 0. The first-order valence-electron chi connectivity index (χ1n) is 14.7. The summed E-state index contributed by atoms with van der Waals surface area (Å²) in [5, 5.41) is 3.42. The van der Waals surface area contributed by atoms with Crippen LogP contribution in [0.1, 0.15) is 0 Å². The van der Waals surface area contributed by atoms with Gasteiger partial charge in [0.25, 0.3) is 0 Å². The van der Waals surface area contributed by atoms with Crippen LogP contribution in [0.25, 0.3) is 76.2 Å². The number of ether oxygens (including phenoxy) is 1. The van der Waals surface area contributed by atoms with Gasteiger partial charge in [0.1, 0.15) is 16.5 Å². The van der Waals surface area contributed by atoms with Crippen molar-refractivity contribution in [2.45, 2.75) is 0 Å². The molecule has 0 saturated carbocycles. The molecule has 6 aromatic carbocycles. The number of pyridine rings is 1. The lowest BCUT2D eigenvalue weighted by atomic mass is 9.91. The second kappa shape index (κ2) is 10.0. The van der Waals surface area contributed by atoms with Gasteiger partial charge in [0.15, 0.2) is 0 Å². The lowest BCUT2D eigenvalue weighted by molar-refractivity contribution is 0.485. The van der Waals surface area contributed by atoms with E-state index in [1.807, 2.05) is 42.6 Å². The molecule has 2 aromatic heterocycles. The van der Waals surface area contributed by atoms with Crippen LogP contribution in [0.5, 0.6) is 11.5 Å². The van der Waals surface area contributed by atoms with E-state index in [-0.39, 0.29) is 0 Å². The van der Waals surface area contributed by atoms with Crippen LogP contribution in [-0.2, 0) is 0 Å². The van der Waals surface area contributed by atoms with Crippen molar-refractivity contribution in [1.29, 1.82) is 0 Å². The van der Waals surface area contributed by atoms with E-state index in [9.17, 15) is 0 Å². The second-order valence-electron chi connectivity index (χ2n) is 11.0. The van der Waals surface area contributed by atoms with Gasteiger partial charge in [-0.15, -0.1) is 11.3 Å². The highest BCUT2D eigenvalue weighted by Gasteiger charge is 2.26. The van der Waals surface area contributed by atoms with Crippen LogP contribution in [-0.4, -0.2) is 9.97 Å². The first-order chi connectivity index (χ1) is 21.8. The summed E-state index contributed by atoms with van der Waals surface area (Å²) in [7, 11) is 0. The molecule has 0 amide bonds. The molecule has 0 radical (unpaired) electrons. The molecule has 2 heterocycles. The predicted molar refractivity (Wildman–Crippen MR) is 182 cm³/mol. The zero-order chi connectivity index (χ0) is 29.0. The number of hydrogen-bond acceptors (Lipinski definition) is 4. The van der Waals surface area contributed by atoms with Gasteiger partial charge in [-0.1, -0.05) is 91.0 Å². The van der Waals surface area contributed by atoms with Crippen molar-refractivity contribution in [1.82, 2.24) is 9.97 Å². The number of rotatable bonds is 4. The van der Waals surface area contributed by atoms with E-state index in [4.69, 9.17) is 9.72 Å². The summed E-state index contributed by atoms with van der Waals surface area (Å²) in [5.41, 5.74) is 11.0. The molecule has 1 aliphatic carbocycles. The van der Waals surface area contributed by atoms with Crippen LogP contribution in [0, 0.1) is 0 Å². The Balaban J connectivity index is 1.34. The van der Waals surface area contributed by atoms with Gasteiger partial charge in [-0.2, -0.15) is 0 Å². The molecule has 44 heavy (non-hydrogen) atoms. The summed E-state index contributed by atoms with van der Waals surface area (Å²) < 4.78 is 8.11. The summed E-state index contributed by atoms with van der Waals surface area (Å²) in [4.78, 5) is 9.61. The fourth-order valence-corrected chi connectivity index (χ4v) is 7.36. The molecule has 8 aromatic rings. The zero-order valence-electron chi connectivity index (χ0n) is 23.6. The number of nitrogens with zero attached hydrogens (tertiary/aromatic N) is 2. The smallest absolute Gasteiger partial charge is 0.136 e. The number of hydrogen-bond donors (Lipinski definition) is 0. The zero-order valence-corrected chi connectivity index (χ0v) is 24.4. The molecule has 0 unspecified atom stereocenters. The van der Waals surface area contributed by atoms with Gasteiger partial charge < -0.3 is 4.74 Å². The Morgan fingerprint density at radius 1 is 0.545 bits per heavy atom. The van der Waals surface area contributed by atoms with Gasteiger partial charge >= 0.3 is 0 Å². The lowest BCUT2D eigenvalue weighted by Gasteiger charge is -2.18. The molecule has 0 spiro atoms. The highest BCUT2D eigenvalue weighted by atomic mass is 32.1. The highest BCUT2D eigenvalue weighted by Crippen LogP contribution is 2.53. The molecule has 0 bridgehead atoms. The maximum absolute atomic E-state index is 6.94. The molecule has 206 valence electrons. The molecule has 1 aliphatic rings. The Bertz CT molecular complexity index is 2340. The Morgan fingerprint density at radius 2 is 1.30 bits per heavy atom. The molecule has 0 atom stereocenters. The largest absolute Gasteiger partial charge is 0.457 e. The van der Waals surface area contributed by atoms with Crippen LogP contribution >= 0.6 is 11.3 Å². The maximum Gasteiger partial charge on any atom is 0.136 e. The molecule has 0 aliphatic heterocycles. The maximum atomic E-state index is 6.94. The molecule has 0 N–H and O–H groups in total. The molecule has 9 rings (SSSR count). The van der Waals surface area contributed by atoms with Crippen molar-refractivity contribution < 1.29 is 4.74 Å². The van der Waals surface area contributed by atoms with Gasteiger partial charge in [0, 0.05) is 22.9 Å². The number of para-hydroxylation sites is 1. The van der Waals surface area contributed by atoms with Crippen LogP contribution < -0.4 is 4.74 Å². The Labute approximate surface area is 258 Å². The lowest BCUT2D eigenvalue weighted by Crippen LogP contribution is -1.94. The first kappa shape index (κ1) is 25.0.